The molecule has 0 radical (unpaired) electrons. The van der Waals surface area contributed by atoms with Gasteiger partial charge >= 0.3 is 0 Å². The van der Waals surface area contributed by atoms with Gasteiger partial charge in [-0.25, -0.2) is 0 Å². The zero-order valence-corrected chi connectivity index (χ0v) is 19.1. The number of ether oxygens (including phenoxy) is 1. The van der Waals surface area contributed by atoms with Gasteiger partial charge in [0.05, 0.1) is 11.9 Å². The quantitative estimate of drug-likeness (QED) is 0.352. The molecule has 0 aromatic heterocycles. The van der Waals surface area contributed by atoms with Crippen LogP contribution in [0.3, 0.4) is 0 Å². The molecule has 0 spiro atoms. The van der Waals surface area contributed by atoms with Gasteiger partial charge in [-0.15, -0.1) is 6.58 Å². The summed E-state index contributed by atoms with van der Waals surface area (Å²) >= 11 is 7.49. The minimum atomic E-state index is -0.558. The molecule has 8 heteroatoms. The number of nitrogens with one attached hydrogen (secondary N) is 1. The number of anilines is 1. The van der Waals surface area contributed by atoms with Crippen molar-refractivity contribution in [1.82, 2.24) is 5.32 Å². The van der Waals surface area contributed by atoms with Crippen LogP contribution in [-0.2, 0) is 16.0 Å². The maximum atomic E-state index is 13.4. The smallest absolute Gasteiger partial charge is 0.264 e. The number of nitrogens with zero attached hydrogens (tertiary/aromatic N) is 2. The second-order valence-corrected chi connectivity index (χ2v) is 8.39. The Kier molecular flexibility index (Phi) is 7.98. The van der Waals surface area contributed by atoms with Gasteiger partial charge in [0, 0.05) is 17.3 Å². The van der Waals surface area contributed by atoms with E-state index in [1.54, 1.807) is 30.3 Å². The number of hydrogen-bond acceptors (Lipinski definition) is 5. The zero-order valence-electron chi connectivity index (χ0n) is 17.5. The Morgan fingerprint density at radius 1 is 1.31 bits per heavy atom. The summed E-state index contributed by atoms with van der Waals surface area (Å²) in [6.07, 6.45) is 1.89. The Hall–Kier alpha value is -3.21. The van der Waals surface area contributed by atoms with Gasteiger partial charge in [-0.2, -0.15) is 5.26 Å². The number of carbonyl (C=O) groups excluding carboxylic acids is 2. The van der Waals surface area contributed by atoms with E-state index in [4.69, 9.17) is 16.3 Å². The summed E-state index contributed by atoms with van der Waals surface area (Å²) in [6, 6.07) is 16.2. The van der Waals surface area contributed by atoms with Crippen LogP contribution in [0.25, 0.3) is 0 Å². The van der Waals surface area contributed by atoms with Crippen LogP contribution in [-0.4, -0.2) is 30.2 Å². The molecule has 1 aliphatic rings. The summed E-state index contributed by atoms with van der Waals surface area (Å²) in [4.78, 5) is 27.5. The summed E-state index contributed by atoms with van der Waals surface area (Å²) in [6.45, 7) is 6.19. The molecule has 164 valence electrons. The molecular formula is C24H22ClN3O3S. The minimum Gasteiger partial charge on any atom is -0.494 e. The van der Waals surface area contributed by atoms with Gasteiger partial charge in [0.15, 0.2) is 0 Å². The Balaban J connectivity index is 2.02. The van der Waals surface area contributed by atoms with E-state index in [1.165, 1.54) is 22.7 Å². The number of carbonyl (C=O) groups is 2. The summed E-state index contributed by atoms with van der Waals surface area (Å²) in [5, 5.41) is 12.7. The molecule has 1 unspecified atom stereocenters. The third kappa shape index (κ3) is 5.16. The molecule has 2 aromatic rings. The molecule has 3 rings (SSSR count). The lowest BCUT2D eigenvalue weighted by atomic mass is 10.1. The van der Waals surface area contributed by atoms with Crippen molar-refractivity contribution >= 4 is 40.9 Å². The first kappa shape index (κ1) is 23.5. The fourth-order valence-electron chi connectivity index (χ4n) is 3.20. The first-order valence-electron chi connectivity index (χ1n) is 10.0. The Morgan fingerprint density at radius 3 is 2.66 bits per heavy atom. The highest BCUT2D eigenvalue weighted by Gasteiger charge is 2.41. The molecule has 0 aliphatic carbocycles. The molecule has 1 atom stereocenters. The van der Waals surface area contributed by atoms with Crippen molar-refractivity contribution in [2.75, 3.05) is 18.1 Å². The lowest BCUT2D eigenvalue weighted by Crippen LogP contribution is -2.32. The number of hydrogen-bond donors (Lipinski definition) is 1. The van der Waals surface area contributed by atoms with Crippen LogP contribution in [0.1, 0.15) is 12.5 Å². The van der Waals surface area contributed by atoms with Crippen molar-refractivity contribution in [1.29, 1.82) is 5.26 Å². The van der Waals surface area contributed by atoms with E-state index in [1.807, 2.05) is 31.2 Å². The van der Waals surface area contributed by atoms with Crippen LogP contribution in [0.4, 0.5) is 5.69 Å². The minimum absolute atomic E-state index is 0.124. The monoisotopic (exact) mass is 467 g/mol. The van der Waals surface area contributed by atoms with Crippen LogP contribution < -0.4 is 15.0 Å². The Morgan fingerprint density at radius 2 is 2.03 bits per heavy atom. The van der Waals surface area contributed by atoms with E-state index in [0.717, 1.165) is 5.56 Å². The number of amides is 2. The van der Waals surface area contributed by atoms with Gasteiger partial charge in [-0.3, -0.25) is 14.5 Å². The fraction of sp³-hybridized carbons (Fsp3) is 0.208. The highest BCUT2D eigenvalue weighted by Crippen LogP contribution is 2.42. The van der Waals surface area contributed by atoms with Crippen LogP contribution >= 0.6 is 23.4 Å². The van der Waals surface area contributed by atoms with Gasteiger partial charge in [0.25, 0.3) is 5.91 Å². The van der Waals surface area contributed by atoms with Gasteiger partial charge in [0.1, 0.15) is 22.4 Å². The van der Waals surface area contributed by atoms with Crippen LogP contribution in [0, 0.1) is 11.3 Å². The second kappa shape index (κ2) is 10.9. The molecular weight excluding hydrogens is 446 g/mol. The summed E-state index contributed by atoms with van der Waals surface area (Å²) in [5.41, 5.74) is 1.25. The third-order valence-electron chi connectivity index (χ3n) is 4.68. The Bertz CT molecular complexity index is 1090. The molecule has 6 nitrogen and oxygen atoms in total. The second-order valence-electron chi connectivity index (χ2n) is 6.79. The molecule has 1 heterocycles. The van der Waals surface area contributed by atoms with E-state index in [0.29, 0.717) is 34.5 Å². The number of thioether (sulfide) groups is 1. The van der Waals surface area contributed by atoms with Crippen molar-refractivity contribution in [3.63, 3.8) is 0 Å². The van der Waals surface area contributed by atoms with Gasteiger partial charge in [-0.05, 0) is 49.2 Å². The van der Waals surface area contributed by atoms with E-state index < -0.39 is 11.2 Å². The molecule has 1 aliphatic heterocycles. The number of benzene rings is 2. The largest absolute Gasteiger partial charge is 0.494 e. The van der Waals surface area contributed by atoms with Crippen LogP contribution in [0.5, 0.6) is 5.75 Å². The summed E-state index contributed by atoms with van der Waals surface area (Å²) in [7, 11) is 0. The zero-order chi connectivity index (χ0) is 23.1. The third-order valence-corrected chi connectivity index (χ3v) is 6.31. The standard InChI is InChI=1S/C24H22ClN3O3S/c1-3-13-27-22(29)19(15-26)24-28(17-9-11-18(12-10-17)31-4-2)23(30)21(32-24)14-16-7-5-6-8-20(16)25/h3,5-12,21H,1,4,13-14H2,2H3,(H,27,29)/b24-19-. The number of nitriles is 1. The number of halogens is 1. The van der Waals surface area contributed by atoms with Crippen LogP contribution in [0.2, 0.25) is 5.02 Å². The van der Waals surface area contributed by atoms with E-state index in [2.05, 4.69) is 11.9 Å². The maximum absolute atomic E-state index is 13.4. The first-order chi connectivity index (χ1) is 15.5. The Labute approximate surface area is 196 Å². The summed E-state index contributed by atoms with van der Waals surface area (Å²) in [5.74, 6) is -0.117. The lowest BCUT2D eigenvalue weighted by molar-refractivity contribution is -0.117. The molecule has 1 fully saturated rings. The highest BCUT2D eigenvalue weighted by molar-refractivity contribution is 8.05. The van der Waals surface area contributed by atoms with Crippen molar-refractivity contribution in [3.8, 4) is 11.8 Å². The molecule has 0 bridgehead atoms. The van der Waals surface area contributed by atoms with Gasteiger partial charge in [-0.1, -0.05) is 47.6 Å². The van der Waals surface area contributed by atoms with Gasteiger partial charge in [0.2, 0.25) is 5.91 Å². The van der Waals surface area contributed by atoms with Crippen molar-refractivity contribution < 1.29 is 14.3 Å². The molecule has 2 amide bonds. The maximum Gasteiger partial charge on any atom is 0.264 e. The predicted octanol–water partition coefficient (Wildman–Crippen LogP) is 4.47. The fourth-order valence-corrected chi connectivity index (χ4v) is 4.71. The molecule has 0 saturated carbocycles. The van der Waals surface area contributed by atoms with E-state index in [-0.39, 0.29) is 18.0 Å². The van der Waals surface area contributed by atoms with Crippen molar-refractivity contribution in [2.45, 2.75) is 18.6 Å². The van der Waals surface area contributed by atoms with E-state index >= 15 is 0 Å². The number of rotatable bonds is 8. The molecule has 1 saturated heterocycles. The van der Waals surface area contributed by atoms with Gasteiger partial charge < -0.3 is 10.1 Å². The lowest BCUT2D eigenvalue weighted by Gasteiger charge is -2.19. The van der Waals surface area contributed by atoms with Crippen LogP contribution in [0.15, 0.2) is 71.8 Å². The normalized spacial score (nSPS) is 17.0. The van der Waals surface area contributed by atoms with E-state index in [9.17, 15) is 14.9 Å². The molecule has 1 N–H and O–H groups in total. The predicted molar refractivity (Wildman–Crippen MR) is 127 cm³/mol. The average molecular weight is 468 g/mol. The summed E-state index contributed by atoms with van der Waals surface area (Å²) < 4.78 is 5.48. The topological polar surface area (TPSA) is 82.4 Å². The molecule has 2 aromatic carbocycles. The average Bonchev–Trinajstić information content (AvgIpc) is 3.11. The SMILES string of the molecule is C=CCNC(=O)/C(C#N)=C1\SC(Cc2ccccc2Cl)C(=O)N1c1ccc(OCC)cc1. The van der Waals surface area contributed by atoms with Crippen molar-refractivity contribution in [2.24, 2.45) is 0 Å². The highest BCUT2D eigenvalue weighted by atomic mass is 35.5. The first-order valence-corrected chi connectivity index (χ1v) is 11.3. The van der Waals surface area contributed by atoms with Crippen molar-refractivity contribution in [3.05, 3.63) is 82.4 Å². The molecule has 32 heavy (non-hydrogen) atoms.